The van der Waals surface area contributed by atoms with E-state index in [2.05, 4.69) is 36.5 Å². The number of Topliss-reactive ketones (excluding diaryl/α,β-unsaturated/α-hetero) is 1. The molecule has 0 aromatic carbocycles. The summed E-state index contributed by atoms with van der Waals surface area (Å²) >= 11 is 1.76. The first-order valence-electron chi connectivity index (χ1n) is 4.80. The second kappa shape index (κ2) is 5.27. The molecule has 1 heterocycles. The predicted octanol–water partition coefficient (Wildman–Crippen LogP) is 2.72. The van der Waals surface area contributed by atoms with Gasteiger partial charge < -0.3 is 9.69 Å². The van der Waals surface area contributed by atoms with Gasteiger partial charge in [0.25, 0.3) is 0 Å². The number of ketones is 1. The van der Waals surface area contributed by atoms with Gasteiger partial charge in [0, 0.05) is 17.3 Å². The first-order chi connectivity index (χ1) is 6.61. The summed E-state index contributed by atoms with van der Waals surface area (Å²) in [6, 6.07) is 4.58. The molecule has 2 nitrogen and oxygen atoms in total. The van der Waals surface area contributed by atoms with Crippen LogP contribution >= 0.6 is 11.3 Å². The molecule has 0 N–H and O–H groups in total. The summed E-state index contributed by atoms with van der Waals surface area (Å²) in [7, 11) is 4.12. The quantitative estimate of drug-likeness (QED) is 0.746. The van der Waals surface area contributed by atoms with E-state index in [1.807, 2.05) is 0 Å². The Hall–Kier alpha value is -0.670. The number of rotatable bonds is 5. The van der Waals surface area contributed by atoms with Crippen LogP contribution in [0, 0.1) is 0 Å². The van der Waals surface area contributed by atoms with Gasteiger partial charge in [-0.15, -0.1) is 11.3 Å². The van der Waals surface area contributed by atoms with E-state index in [0.29, 0.717) is 12.5 Å². The second-order valence-corrected chi connectivity index (χ2v) is 4.71. The van der Waals surface area contributed by atoms with Crippen molar-refractivity contribution in [1.29, 1.82) is 0 Å². The summed E-state index contributed by atoms with van der Waals surface area (Å²) in [6.45, 7) is 1.65. The van der Waals surface area contributed by atoms with E-state index in [1.165, 1.54) is 4.88 Å². The Labute approximate surface area is 89.5 Å². The lowest BCUT2D eigenvalue weighted by Crippen LogP contribution is -2.19. The van der Waals surface area contributed by atoms with Crippen molar-refractivity contribution in [3.8, 4) is 0 Å². The van der Waals surface area contributed by atoms with Gasteiger partial charge >= 0.3 is 0 Å². The SMILES string of the molecule is CC(=O)CCC(c1cccs1)N(C)C. The van der Waals surface area contributed by atoms with Crippen molar-refractivity contribution in [3.05, 3.63) is 22.4 Å². The highest BCUT2D eigenvalue weighted by Gasteiger charge is 2.15. The zero-order chi connectivity index (χ0) is 10.6. The lowest BCUT2D eigenvalue weighted by atomic mass is 10.1. The average molecular weight is 211 g/mol. The molecule has 78 valence electrons. The van der Waals surface area contributed by atoms with E-state index in [-0.39, 0.29) is 5.78 Å². The molecule has 0 saturated carbocycles. The molecular formula is C11H17NOS. The van der Waals surface area contributed by atoms with Crippen LogP contribution in [0.3, 0.4) is 0 Å². The first kappa shape index (κ1) is 11.4. The highest BCUT2D eigenvalue weighted by atomic mass is 32.1. The molecule has 0 aliphatic carbocycles. The smallest absolute Gasteiger partial charge is 0.129 e. The topological polar surface area (TPSA) is 20.3 Å². The lowest BCUT2D eigenvalue weighted by molar-refractivity contribution is -0.117. The molecule has 0 aliphatic rings. The Kier molecular flexibility index (Phi) is 4.29. The molecule has 0 fully saturated rings. The van der Waals surface area contributed by atoms with Crippen LogP contribution in [-0.4, -0.2) is 24.8 Å². The standard InChI is InChI=1S/C11H17NOS/c1-9(13)6-7-10(12(2)3)11-5-4-8-14-11/h4-5,8,10H,6-7H2,1-3H3. The fourth-order valence-electron chi connectivity index (χ4n) is 1.48. The van der Waals surface area contributed by atoms with Crippen LogP contribution in [0.5, 0.6) is 0 Å². The molecule has 1 unspecified atom stereocenters. The molecule has 0 aliphatic heterocycles. The van der Waals surface area contributed by atoms with E-state index in [1.54, 1.807) is 18.3 Å². The monoisotopic (exact) mass is 211 g/mol. The van der Waals surface area contributed by atoms with Gasteiger partial charge in [0.05, 0.1) is 0 Å². The van der Waals surface area contributed by atoms with Crippen LogP contribution in [0.15, 0.2) is 17.5 Å². The molecule has 14 heavy (non-hydrogen) atoms. The van der Waals surface area contributed by atoms with Gasteiger partial charge in [-0.25, -0.2) is 0 Å². The number of nitrogens with zero attached hydrogens (tertiary/aromatic N) is 1. The maximum Gasteiger partial charge on any atom is 0.129 e. The molecular weight excluding hydrogens is 194 g/mol. The Bertz CT molecular complexity index is 279. The molecule has 0 amide bonds. The molecule has 1 aromatic heterocycles. The Morgan fingerprint density at radius 2 is 2.29 bits per heavy atom. The zero-order valence-corrected chi connectivity index (χ0v) is 9.80. The number of carbonyl (C=O) groups excluding carboxylic acids is 1. The normalized spacial score (nSPS) is 13.1. The average Bonchev–Trinajstić information content (AvgIpc) is 2.56. The van der Waals surface area contributed by atoms with Crippen LogP contribution in [0.2, 0.25) is 0 Å². The van der Waals surface area contributed by atoms with Crippen LogP contribution < -0.4 is 0 Å². The van der Waals surface area contributed by atoms with Crippen molar-refractivity contribution in [2.45, 2.75) is 25.8 Å². The van der Waals surface area contributed by atoms with E-state index in [0.717, 1.165) is 6.42 Å². The van der Waals surface area contributed by atoms with Crippen LogP contribution in [-0.2, 0) is 4.79 Å². The Morgan fingerprint density at radius 1 is 1.57 bits per heavy atom. The fourth-order valence-corrected chi connectivity index (χ4v) is 2.43. The van der Waals surface area contributed by atoms with Gasteiger partial charge in [-0.05, 0) is 38.9 Å². The number of hydrogen-bond donors (Lipinski definition) is 0. The molecule has 0 bridgehead atoms. The summed E-state index contributed by atoms with van der Waals surface area (Å²) in [4.78, 5) is 14.4. The molecule has 3 heteroatoms. The minimum absolute atomic E-state index is 0.272. The van der Waals surface area contributed by atoms with Crippen molar-refractivity contribution in [3.63, 3.8) is 0 Å². The van der Waals surface area contributed by atoms with Gasteiger partial charge in [-0.1, -0.05) is 6.07 Å². The molecule has 1 atom stereocenters. The van der Waals surface area contributed by atoms with E-state index >= 15 is 0 Å². The minimum Gasteiger partial charge on any atom is -0.302 e. The maximum atomic E-state index is 10.9. The number of carbonyl (C=O) groups is 1. The first-order valence-corrected chi connectivity index (χ1v) is 5.68. The fraction of sp³-hybridized carbons (Fsp3) is 0.545. The van der Waals surface area contributed by atoms with Crippen molar-refractivity contribution in [2.24, 2.45) is 0 Å². The summed E-state index contributed by atoms with van der Waals surface area (Å²) in [5.41, 5.74) is 0. The number of hydrogen-bond acceptors (Lipinski definition) is 3. The third kappa shape index (κ3) is 3.24. The minimum atomic E-state index is 0.272. The lowest BCUT2D eigenvalue weighted by Gasteiger charge is -2.22. The Balaban J connectivity index is 2.61. The van der Waals surface area contributed by atoms with Gasteiger partial charge in [-0.3, -0.25) is 0 Å². The molecule has 1 aromatic rings. The van der Waals surface area contributed by atoms with Gasteiger partial charge in [0.15, 0.2) is 0 Å². The summed E-state index contributed by atoms with van der Waals surface area (Å²) in [5, 5.41) is 2.08. The van der Waals surface area contributed by atoms with E-state index in [4.69, 9.17) is 0 Å². The molecule has 0 saturated heterocycles. The molecule has 0 spiro atoms. The van der Waals surface area contributed by atoms with Crippen LogP contribution in [0.4, 0.5) is 0 Å². The van der Waals surface area contributed by atoms with Crippen molar-refractivity contribution >= 4 is 17.1 Å². The summed E-state index contributed by atoms with van der Waals surface area (Å²) < 4.78 is 0. The van der Waals surface area contributed by atoms with Crippen molar-refractivity contribution in [1.82, 2.24) is 4.90 Å². The Morgan fingerprint density at radius 3 is 2.71 bits per heavy atom. The second-order valence-electron chi connectivity index (χ2n) is 3.74. The molecule has 0 radical (unpaired) electrons. The van der Waals surface area contributed by atoms with E-state index in [9.17, 15) is 4.79 Å². The van der Waals surface area contributed by atoms with Gasteiger partial charge in [0.1, 0.15) is 5.78 Å². The summed E-state index contributed by atoms with van der Waals surface area (Å²) in [6.07, 6.45) is 1.59. The van der Waals surface area contributed by atoms with Crippen molar-refractivity contribution < 1.29 is 4.79 Å². The van der Waals surface area contributed by atoms with Crippen LogP contribution in [0.1, 0.15) is 30.7 Å². The maximum absolute atomic E-state index is 10.9. The highest BCUT2D eigenvalue weighted by Crippen LogP contribution is 2.27. The van der Waals surface area contributed by atoms with Gasteiger partial charge in [-0.2, -0.15) is 0 Å². The third-order valence-electron chi connectivity index (χ3n) is 2.26. The third-order valence-corrected chi connectivity index (χ3v) is 3.24. The highest BCUT2D eigenvalue weighted by molar-refractivity contribution is 7.10. The molecule has 1 rings (SSSR count). The zero-order valence-electron chi connectivity index (χ0n) is 8.99. The number of thiophene rings is 1. The largest absolute Gasteiger partial charge is 0.302 e. The van der Waals surface area contributed by atoms with Crippen molar-refractivity contribution in [2.75, 3.05) is 14.1 Å². The van der Waals surface area contributed by atoms with Gasteiger partial charge in [0.2, 0.25) is 0 Å². The summed E-state index contributed by atoms with van der Waals surface area (Å²) in [5.74, 6) is 0.272. The van der Waals surface area contributed by atoms with E-state index < -0.39 is 0 Å². The predicted molar refractivity (Wildman–Crippen MR) is 60.7 cm³/mol. The van der Waals surface area contributed by atoms with Crippen LogP contribution in [0.25, 0.3) is 0 Å².